The molecule has 0 bridgehead atoms. The number of rotatable bonds is 3. The lowest BCUT2D eigenvalue weighted by Gasteiger charge is -2.25. The Morgan fingerprint density at radius 1 is 1.56 bits per heavy atom. The van der Waals surface area contributed by atoms with Crippen LogP contribution in [0.4, 0.5) is 0 Å². The van der Waals surface area contributed by atoms with Crippen LogP contribution in [0.3, 0.4) is 0 Å². The molecule has 0 saturated heterocycles. The van der Waals surface area contributed by atoms with Crippen LogP contribution in [-0.2, 0) is 7.05 Å². The summed E-state index contributed by atoms with van der Waals surface area (Å²) in [7, 11) is 1.96. The number of aromatic nitrogens is 2. The van der Waals surface area contributed by atoms with E-state index < -0.39 is 0 Å². The Labute approximate surface area is 95.9 Å². The van der Waals surface area contributed by atoms with Gasteiger partial charge in [0, 0.05) is 24.8 Å². The molecule has 1 aromatic rings. The number of nitrogens with zero attached hydrogens (tertiary/aromatic N) is 4. The molecule has 2 N–H and O–H groups in total. The van der Waals surface area contributed by atoms with E-state index in [4.69, 9.17) is 5.73 Å². The standard InChI is InChI=1S/C11H19N5/c1-4-5-16-10(7-13-11(16)12)9-6-14-15(3)8(9)2/h6,10H,4-5,7H2,1-3H3,(H2,12,13). The van der Waals surface area contributed by atoms with Gasteiger partial charge in [-0.15, -0.1) is 0 Å². The molecule has 16 heavy (non-hydrogen) atoms. The first-order chi connectivity index (χ1) is 7.65. The van der Waals surface area contributed by atoms with Crippen LogP contribution in [0, 0.1) is 6.92 Å². The maximum Gasteiger partial charge on any atom is 0.191 e. The predicted molar refractivity (Wildman–Crippen MR) is 64.2 cm³/mol. The molecule has 88 valence electrons. The van der Waals surface area contributed by atoms with Gasteiger partial charge in [0.1, 0.15) is 0 Å². The number of nitrogens with two attached hydrogens (primary N) is 1. The zero-order valence-corrected chi connectivity index (χ0v) is 10.1. The van der Waals surface area contributed by atoms with Crippen molar-refractivity contribution in [3.8, 4) is 0 Å². The van der Waals surface area contributed by atoms with Crippen LogP contribution in [0.1, 0.15) is 30.6 Å². The second-order valence-electron chi connectivity index (χ2n) is 4.22. The first kappa shape index (κ1) is 11.0. The maximum atomic E-state index is 5.90. The molecule has 5 heteroatoms. The number of aliphatic imine (C=N–C) groups is 1. The Bertz CT molecular complexity index is 407. The molecule has 0 spiro atoms. The van der Waals surface area contributed by atoms with Crippen molar-refractivity contribution in [3.05, 3.63) is 17.5 Å². The number of aryl methyl sites for hydroxylation is 1. The van der Waals surface area contributed by atoms with Crippen LogP contribution < -0.4 is 5.73 Å². The van der Waals surface area contributed by atoms with Gasteiger partial charge in [0.2, 0.25) is 0 Å². The second-order valence-corrected chi connectivity index (χ2v) is 4.22. The lowest BCUT2D eigenvalue weighted by Crippen LogP contribution is -2.36. The monoisotopic (exact) mass is 221 g/mol. The topological polar surface area (TPSA) is 59.4 Å². The molecule has 1 unspecified atom stereocenters. The molecule has 2 heterocycles. The molecule has 2 rings (SSSR count). The van der Waals surface area contributed by atoms with Crippen molar-refractivity contribution in [3.63, 3.8) is 0 Å². The minimum absolute atomic E-state index is 0.272. The second kappa shape index (κ2) is 4.15. The van der Waals surface area contributed by atoms with Crippen molar-refractivity contribution in [1.82, 2.24) is 14.7 Å². The van der Waals surface area contributed by atoms with E-state index in [0.717, 1.165) is 19.5 Å². The summed E-state index contributed by atoms with van der Waals surface area (Å²) in [5, 5.41) is 4.28. The van der Waals surface area contributed by atoms with Crippen LogP contribution in [0.25, 0.3) is 0 Å². The van der Waals surface area contributed by atoms with Gasteiger partial charge in [-0.1, -0.05) is 6.92 Å². The molecule has 1 atom stereocenters. The third-order valence-corrected chi connectivity index (χ3v) is 3.19. The van der Waals surface area contributed by atoms with Crippen LogP contribution in [-0.4, -0.2) is 33.7 Å². The maximum absolute atomic E-state index is 5.90. The first-order valence-corrected chi connectivity index (χ1v) is 5.70. The average molecular weight is 221 g/mol. The van der Waals surface area contributed by atoms with E-state index in [-0.39, 0.29) is 6.04 Å². The molecule has 0 radical (unpaired) electrons. The predicted octanol–water partition coefficient (Wildman–Crippen LogP) is 0.810. The van der Waals surface area contributed by atoms with Crippen molar-refractivity contribution in [2.75, 3.05) is 13.1 Å². The fourth-order valence-corrected chi connectivity index (χ4v) is 2.15. The largest absolute Gasteiger partial charge is 0.370 e. The lowest BCUT2D eigenvalue weighted by molar-refractivity contribution is 0.346. The van der Waals surface area contributed by atoms with Crippen LogP contribution >= 0.6 is 0 Å². The van der Waals surface area contributed by atoms with E-state index in [1.54, 1.807) is 0 Å². The fourth-order valence-electron chi connectivity index (χ4n) is 2.15. The van der Waals surface area contributed by atoms with Gasteiger partial charge < -0.3 is 10.6 Å². The van der Waals surface area contributed by atoms with Gasteiger partial charge in [-0.05, 0) is 13.3 Å². The summed E-state index contributed by atoms with van der Waals surface area (Å²) in [4.78, 5) is 6.50. The quantitative estimate of drug-likeness (QED) is 0.821. The highest BCUT2D eigenvalue weighted by Gasteiger charge is 2.28. The minimum Gasteiger partial charge on any atom is -0.370 e. The van der Waals surface area contributed by atoms with E-state index in [1.165, 1.54) is 11.3 Å². The normalized spacial score (nSPS) is 20.3. The van der Waals surface area contributed by atoms with Gasteiger partial charge in [0.25, 0.3) is 0 Å². The molecular formula is C11H19N5. The molecule has 0 fully saturated rings. The molecule has 0 aromatic carbocycles. The van der Waals surface area contributed by atoms with E-state index in [0.29, 0.717) is 5.96 Å². The zero-order valence-electron chi connectivity index (χ0n) is 10.1. The van der Waals surface area contributed by atoms with Crippen LogP contribution in [0.5, 0.6) is 0 Å². The van der Waals surface area contributed by atoms with E-state index >= 15 is 0 Å². The Morgan fingerprint density at radius 2 is 2.31 bits per heavy atom. The molecule has 1 aliphatic rings. The zero-order chi connectivity index (χ0) is 11.7. The first-order valence-electron chi connectivity index (χ1n) is 5.70. The van der Waals surface area contributed by atoms with E-state index in [2.05, 4.69) is 28.8 Å². The molecular weight excluding hydrogens is 202 g/mol. The summed E-state index contributed by atoms with van der Waals surface area (Å²) >= 11 is 0. The third kappa shape index (κ3) is 1.66. The highest BCUT2D eigenvalue weighted by molar-refractivity contribution is 5.80. The van der Waals surface area contributed by atoms with Crippen molar-refractivity contribution < 1.29 is 0 Å². The van der Waals surface area contributed by atoms with Gasteiger partial charge in [-0.25, -0.2) is 0 Å². The van der Waals surface area contributed by atoms with Gasteiger partial charge in [-0.2, -0.15) is 5.10 Å². The minimum atomic E-state index is 0.272. The van der Waals surface area contributed by atoms with Gasteiger partial charge in [0.05, 0.1) is 18.8 Å². The van der Waals surface area contributed by atoms with Crippen molar-refractivity contribution in [1.29, 1.82) is 0 Å². The van der Waals surface area contributed by atoms with E-state index in [1.807, 2.05) is 17.9 Å². The fraction of sp³-hybridized carbons (Fsp3) is 0.636. The molecule has 0 saturated carbocycles. The average Bonchev–Trinajstić information content (AvgIpc) is 2.76. The van der Waals surface area contributed by atoms with Gasteiger partial charge >= 0.3 is 0 Å². The Hall–Kier alpha value is -1.52. The number of hydrogen-bond donors (Lipinski definition) is 1. The summed E-state index contributed by atoms with van der Waals surface area (Å²) < 4.78 is 1.90. The Morgan fingerprint density at radius 3 is 2.88 bits per heavy atom. The smallest absolute Gasteiger partial charge is 0.191 e. The third-order valence-electron chi connectivity index (χ3n) is 3.19. The van der Waals surface area contributed by atoms with Crippen molar-refractivity contribution in [2.45, 2.75) is 26.3 Å². The van der Waals surface area contributed by atoms with Crippen molar-refractivity contribution in [2.24, 2.45) is 17.8 Å². The lowest BCUT2D eigenvalue weighted by atomic mass is 10.1. The Kier molecular flexibility index (Phi) is 2.85. The summed E-state index contributed by atoms with van der Waals surface area (Å²) in [6.45, 7) is 5.94. The molecule has 1 aromatic heterocycles. The summed E-state index contributed by atoms with van der Waals surface area (Å²) in [6.07, 6.45) is 3.00. The summed E-state index contributed by atoms with van der Waals surface area (Å²) in [6, 6.07) is 0.272. The SMILES string of the molecule is CCCN1C(N)=NCC1c1cnn(C)c1C. The summed E-state index contributed by atoms with van der Waals surface area (Å²) in [5.41, 5.74) is 8.33. The number of hydrogen-bond acceptors (Lipinski definition) is 4. The molecule has 0 amide bonds. The van der Waals surface area contributed by atoms with Crippen molar-refractivity contribution >= 4 is 5.96 Å². The molecule has 0 aliphatic carbocycles. The highest BCUT2D eigenvalue weighted by atomic mass is 15.3. The van der Waals surface area contributed by atoms with E-state index in [9.17, 15) is 0 Å². The highest BCUT2D eigenvalue weighted by Crippen LogP contribution is 2.27. The molecule has 5 nitrogen and oxygen atoms in total. The Balaban J connectivity index is 2.25. The molecule has 1 aliphatic heterocycles. The number of guanidine groups is 1. The van der Waals surface area contributed by atoms with Crippen LogP contribution in [0.15, 0.2) is 11.2 Å². The van der Waals surface area contributed by atoms with Crippen LogP contribution in [0.2, 0.25) is 0 Å². The van der Waals surface area contributed by atoms with Gasteiger partial charge in [-0.3, -0.25) is 9.67 Å². The summed E-state index contributed by atoms with van der Waals surface area (Å²) in [5.74, 6) is 0.662. The van der Waals surface area contributed by atoms with Gasteiger partial charge in [0.15, 0.2) is 5.96 Å².